The van der Waals surface area contributed by atoms with Gasteiger partial charge in [0.1, 0.15) is 12.2 Å². The fraction of sp³-hybridized carbons (Fsp3) is 0.667. The molecule has 0 bridgehead atoms. The fourth-order valence-electron chi connectivity index (χ4n) is 1.22. The van der Waals surface area contributed by atoms with E-state index in [0.29, 0.717) is 6.61 Å². The first-order valence-electron chi connectivity index (χ1n) is 4.88. The molecule has 15 heavy (non-hydrogen) atoms. The van der Waals surface area contributed by atoms with Gasteiger partial charge in [-0.25, -0.2) is 0 Å². The van der Waals surface area contributed by atoms with Crippen LogP contribution in [-0.2, 0) is 16.6 Å². The van der Waals surface area contributed by atoms with Crippen molar-refractivity contribution in [1.29, 1.82) is 0 Å². The molecule has 0 radical (unpaired) electrons. The summed E-state index contributed by atoms with van der Waals surface area (Å²) in [6, 6.07) is -0.0260. The number of aryl methyl sites for hydroxylation is 1. The molecule has 0 saturated heterocycles. The first-order chi connectivity index (χ1) is 7.15. The van der Waals surface area contributed by atoms with Crippen LogP contribution in [0.4, 0.5) is 0 Å². The van der Waals surface area contributed by atoms with Crippen molar-refractivity contribution >= 4 is 5.97 Å². The van der Waals surface area contributed by atoms with Crippen molar-refractivity contribution in [2.24, 2.45) is 7.05 Å². The molecular weight excluding hydrogens is 196 g/mol. The SMILES string of the molecule is CCOC(=O)CNC(C)c1nncn1C. The van der Waals surface area contributed by atoms with Crippen molar-refractivity contribution in [3.63, 3.8) is 0 Å². The number of aromatic nitrogens is 3. The van der Waals surface area contributed by atoms with Crippen LogP contribution in [0.25, 0.3) is 0 Å². The predicted octanol–water partition coefficient (Wildman–Crippen LogP) is 0.0288. The first kappa shape index (κ1) is 11.6. The minimum atomic E-state index is -0.258. The van der Waals surface area contributed by atoms with E-state index < -0.39 is 0 Å². The number of rotatable bonds is 5. The maximum atomic E-state index is 11.1. The van der Waals surface area contributed by atoms with Crippen LogP contribution in [0.3, 0.4) is 0 Å². The van der Waals surface area contributed by atoms with Gasteiger partial charge in [0, 0.05) is 7.05 Å². The summed E-state index contributed by atoms with van der Waals surface area (Å²) in [5.74, 6) is 0.533. The van der Waals surface area contributed by atoms with Crippen molar-refractivity contribution < 1.29 is 9.53 Å². The Kier molecular flexibility index (Phi) is 4.23. The lowest BCUT2D eigenvalue weighted by Crippen LogP contribution is -2.28. The fourth-order valence-corrected chi connectivity index (χ4v) is 1.22. The molecule has 0 saturated carbocycles. The number of nitrogens with zero attached hydrogens (tertiary/aromatic N) is 3. The Balaban J connectivity index is 2.40. The molecule has 0 aliphatic rings. The lowest BCUT2D eigenvalue weighted by atomic mass is 10.3. The van der Waals surface area contributed by atoms with Crippen molar-refractivity contribution in [2.75, 3.05) is 13.2 Å². The van der Waals surface area contributed by atoms with E-state index in [-0.39, 0.29) is 18.6 Å². The zero-order chi connectivity index (χ0) is 11.3. The summed E-state index contributed by atoms with van der Waals surface area (Å²) in [5.41, 5.74) is 0. The molecule has 84 valence electrons. The van der Waals surface area contributed by atoms with Crippen LogP contribution in [-0.4, -0.2) is 33.9 Å². The molecule has 1 aromatic heterocycles. The van der Waals surface area contributed by atoms with E-state index in [1.807, 2.05) is 18.5 Å². The molecule has 1 N–H and O–H groups in total. The molecule has 1 unspecified atom stereocenters. The van der Waals surface area contributed by atoms with Gasteiger partial charge < -0.3 is 9.30 Å². The molecule has 6 nitrogen and oxygen atoms in total. The Bertz CT molecular complexity index is 324. The van der Waals surface area contributed by atoms with E-state index in [9.17, 15) is 4.79 Å². The average Bonchev–Trinajstić information content (AvgIpc) is 2.61. The minimum absolute atomic E-state index is 0.0260. The van der Waals surface area contributed by atoms with Gasteiger partial charge in [-0.2, -0.15) is 0 Å². The number of hydrogen-bond acceptors (Lipinski definition) is 5. The summed E-state index contributed by atoms with van der Waals surface area (Å²) in [7, 11) is 1.86. The van der Waals surface area contributed by atoms with Gasteiger partial charge in [0.25, 0.3) is 0 Å². The van der Waals surface area contributed by atoms with E-state index in [1.165, 1.54) is 0 Å². The Morgan fingerprint density at radius 2 is 2.47 bits per heavy atom. The highest BCUT2D eigenvalue weighted by Gasteiger charge is 2.12. The molecule has 1 heterocycles. The summed E-state index contributed by atoms with van der Waals surface area (Å²) in [5, 5.41) is 10.7. The van der Waals surface area contributed by atoms with Crippen LogP contribution in [0, 0.1) is 0 Å². The molecule has 0 fully saturated rings. The number of hydrogen-bond donors (Lipinski definition) is 1. The van der Waals surface area contributed by atoms with Gasteiger partial charge in [0.2, 0.25) is 0 Å². The van der Waals surface area contributed by atoms with Crippen LogP contribution in [0.5, 0.6) is 0 Å². The summed E-state index contributed by atoms with van der Waals surface area (Å²) >= 11 is 0. The van der Waals surface area contributed by atoms with Crippen molar-refractivity contribution in [2.45, 2.75) is 19.9 Å². The lowest BCUT2D eigenvalue weighted by Gasteiger charge is -2.11. The number of esters is 1. The van der Waals surface area contributed by atoms with Crippen molar-refractivity contribution in [3.05, 3.63) is 12.2 Å². The van der Waals surface area contributed by atoms with Crippen molar-refractivity contribution in [1.82, 2.24) is 20.1 Å². The summed E-state index contributed by atoms with van der Waals surface area (Å²) in [6.07, 6.45) is 1.62. The smallest absolute Gasteiger partial charge is 0.319 e. The van der Waals surface area contributed by atoms with Gasteiger partial charge in [0.15, 0.2) is 0 Å². The van der Waals surface area contributed by atoms with Crippen LogP contribution < -0.4 is 5.32 Å². The molecule has 1 atom stereocenters. The maximum absolute atomic E-state index is 11.1. The second kappa shape index (κ2) is 5.45. The van der Waals surface area contributed by atoms with Crippen LogP contribution in [0.1, 0.15) is 25.7 Å². The molecule has 0 aliphatic carbocycles. The maximum Gasteiger partial charge on any atom is 0.319 e. The molecule has 1 rings (SSSR count). The number of ether oxygens (including phenoxy) is 1. The van der Waals surface area contributed by atoms with E-state index >= 15 is 0 Å². The number of carbonyl (C=O) groups excluding carboxylic acids is 1. The molecule has 0 aliphatic heterocycles. The Labute approximate surface area is 88.6 Å². The lowest BCUT2D eigenvalue weighted by molar-refractivity contribution is -0.142. The van der Waals surface area contributed by atoms with Gasteiger partial charge >= 0.3 is 5.97 Å². The largest absolute Gasteiger partial charge is 0.465 e. The normalized spacial score (nSPS) is 12.5. The highest BCUT2D eigenvalue weighted by atomic mass is 16.5. The molecule has 0 amide bonds. The van der Waals surface area contributed by atoms with Gasteiger partial charge in [-0.15, -0.1) is 10.2 Å². The monoisotopic (exact) mass is 212 g/mol. The summed E-state index contributed by atoms with van der Waals surface area (Å²) in [6.45, 7) is 4.29. The summed E-state index contributed by atoms with van der Waals surface area (Å²) in [4.78, 5) is 11.1. The highest BCUT2D eigenvalue weighted by Crippen LogP contribution is 2.05. The number of carbonyl (C=O) groups is 1. The first-order valence-corrected chi connectivity index (χ1v) is 4.88. The van der Waals surface area contributed by atoms with E-state index in [1.54, 1.807) is 13.3 Å². The highest BCUT2D eigenvalue weighted by molar-refractivity contribution is 5.71. The Hall–Kier alpha value is -1.43. The van der Waals surface area contributed by atoms with Crippen LogP contribution in [0.2, 0.25) is 0 Å². The molecule has 6 heteroatoms. The quantitative estimate of drug-likeness (QED) is 0.697. The average molecular weight is 212 g/mol. The van der Waals surface area contributed by atoms with E-state index in [2.05, 4.69) is 15.5 Å². The predicted molar refractivity (Wildman–Crippen MR) is 54.1 cm³/mol. The molecular formula is C9H16N4O2. The topological polar surface area (TPSA) is 69.0 Å². The Morgan fingerprint density at radius 3 is 3.00 bits per heavy atom. The standard InChI is InChI=1S/C9H16N4O2/c1-4-15-8(14)5-10-7(2)9-12-11-6-13(9)3/h6-7,10H,4-5H2,1-3H3. The van der Waals surface area contributed by atoms with E-state index in [0.717, 1.165) is 5.82 Å². The van der Waals surface area contributed by atoms with Gasteiger partial charge in [-0.1, -0.05) is 0 Å². The van der Waals surface area contributed by atoms with Crippen LogP contribution >= 0.6 is 0 Å². The second-order valence-corrected chi connectivity index (χ2v) is 3.21. The third-order valence-corrected chi connectivity index (χ3v) is 1.99. The third kappa shape index (κ3) is 3.32. The van der Waals surface area contributed by atoms with Gasteiger partial charge in [-0.05, 0) is 13.8 Å². The minimum Gasteiger partial charge on any atom is -0.465 e. The molecule has 1 aromatic rings. The summed E-state index contributed by atoms with van der Waals surface area (Å²) < 4.78 is 6.60. The molecule has 0 aromatic carbocycles. The van der Waals surface area contributed by atoms with Gasteiger partial charge in [-0.3, -0.25) is 10.1 Å². The van der Waals surface area contributed by atoms with Gasteiger partial charge in [0.05, 0.1) is 19.2 Å². The molecule has 0 spiro atoms. The zero-order valence-electron chi connectivity index (χ0n) is 9.23. The second-order valence-electron chi connectivity index (χ2n) is 3.21. The van der Waals surface area contributed by atoms with Crippen LogP contribution in [0.15, 0.2) is 6.33 Å². The van der Waals surface area contributed by atoms with Crippen molar-refractivity contribution in [3.8, 4) is 0 Å². The Morgan fingerprint density at radius 1 is 1.73 bits per heavy atom. The van der Waals surface area contributed by atoms with E-state index in [4.69, 9.17) is 4.74 Å². The zero-order valence-corrected chi connectivity index (χ0v) is 9.23. The number of nitrogens with one attached hydrogen (secondary N) is 1. The third-order valence-electron chi connectivity index (χ3n) is 1.99.